The second-order valence-electron chi connectivity index (χ2n) is 7.51. The molecule has 0 spiro atoms. The maximum Gasteiger partial charge on any atom is 0.107 e. The fourth-order valence-electron chi connectivity index (χ4n) is 3.27. The Morgan fingerprint density at radius 3 is 2.67 bits per heavy atom. The van der Waals surface area contributed by atoms with E-state index in [4.69, 9.17) is 11.2 Å². The third kappa shape index (κ3) is 7.22. The molecule has 0 unspecified atom stereocenters. The number of hydrogen-bond donors (Lipinski definition) is 1. The first kappa shape index (κ1) is 21.2. The van der Waals surface area contributed by atoms with Gasteiger partial charge in [0.15, 0.2) is 0 Å². The summed E-state index contributed by atoms with van der Waals surface area (Å²) in [5, 5.41) is 10.3. The minimum atomic E-state index is -0.545. The second-order valence-corrected chi connectivity index (χ2v) is 7.51. The second kappa shape index (κ2) is 10.9. The molecule has 1 heterocycles. The summed E-state index contributed by atoms with van der Waals surface area (Å²) in [5.74, 6) is 2.95. The fourth-order valence-corrected chi connectivity index (χ4v) is 3.27. The molecule has 146 valence electrons. The number of rotatable bonds is 11. The van der Waals surface area contributed by atoms with Crippen LogP contribution in [-0.4, -0.2) is 47.0 Å². The molecule has 0 saturated heterocycles. The van der Waals surface area contributed by atoms with Crippen LogP contribution in [0.15, 0.2) is 42.6 Å². The number of aryl methyl sites for hydroxylation is 1. The Morgan fingerprint density at radius 1 is 1.19 bits per heavy atom. The van der Waals surface area contributed by atoms with E-state index in [1.807, 2.05) is 0 Å². The predicted molar refractivity (Wildman–Crippen MR) is 110 cm³/mol. The largest absolute Gasteiger partial charge is 0.389 e. The van der Waals surface area contributed by atoms with E-state index >= 15 is 0 Å². The van der Waals surface area contributed by atoms with Crippen molar-refractivity contribution in [3.8, 4) is 12.3 Å². The van der Waals surface area contributed by atoms with Crippen molar-refractivity contribution >= 4 is 0 Å². The number of ether oxygens (including phenoxy) is 1. The summed E-state index contributed by atoms with van der Waals surface area (Å²) >= 11 is 0. The van der Waals surface area contributed by atoms with Crippen LogP contribution in [0.4, 0.5) is 0 Å². The SMILES string of the molecule is C#CCOC[C@H](O)CN(Cc1cccn1Cc1ccccc1C)CC(C)C. The van der Waals surface area contributed by atoms with Gasteiger partial charge in [-0.25, -0.2) is 0 Å². The summed E-state index contributed by atoms with van der Waals surface area (Å²) in [6.07, 6.45) is 6.78. The van der Waals surface area contributed by atoms with Crippen LogP contribution in [0.5, 0.6) is 0 Å². The van der Waals surface area contributed by atoms with Gasteiger partial charge in [0.2, 0.25) is 0 Å². The van der Waals surface area contributed by atoms with Crippen molar-refractivity contribution in [3.05, 3.63) is 59.4 Å². The van der Waals surface area contributed by atoms with E-state index < -0.39 is 6.10 Å². The Bertz CT molecular complexity index is 730. The standard InChI is InChI=1S/C23H32N2O2/c1-5-13-27-18-23(26)17-24(14-19(2)3)16-22-11-8-12-25(22)15-21-10-7-6-9-20(21)4/h1,6-12,19,23,26H,13-18H2,2-4H3/t23-/m1/s1. The lowest BCUT2D eigenvalue weighted by molar-refractivity contribution is 0.0233. The molecule has 4 nitrogen and oxygen atoms in total. The van der Waals surface area contributed by atoms with Crippen LogP contribution in [0, 0.1) is 25.2 Å². The summed E-state index contributed by atoms with van der Waals surface area (Å²) < 4.78 is 7.57. The van der Waals surface area contributed by atoms with Crippen molar-refractivity contribution in [3.63, 3.8) is 0 Å². The molecule has 0 fully saturated rings. The third-order valence-corrected chi connectivity index (χ3v) is 4.50. The maximum absolute atomic E-state index is 10.3. The van der Waals surface area contributed by atoms with Crippen molar-refractivity contribution in [2.24, 2.45) is 5.92 Å². The lowest BCUT2D eigenvalue weighted by atomic mass is 10.1. The summed E-state index contributed by atoms with van der Waals surface area (Å²) in [6, 6.07) is 12.7. The van der Waals surface area contributed by atoms with E-state index in [-0.39, 0.29) is 13.2 Å². The van der Waals surface area contributed by atoms with Gasteiger partial charge in [-0.2, -0.15) is 0 Å². The highest BCUT2D eigenvalue weighted by Crippen LogP contribution is 2.14. The average Bonchev–Trinajstić information content (AvgIpc) is 3.03. The zero-order valence-corrected chi connectivity index (χ0v) is 16.8. The van der Waals surface area contributed by atoms with Gasteiger partial charge in [0.25, 0.3) is 0 Å². The van der Waals surface area contributed by atoms with Crippen LogP contribution < -0.4 is 0 Å². The monoisotopic (exact) mass is 368 g/mol. The average molecular weight is 369 g/mol. The molecule has 0 aliphatic carbocycles. The number of aliphatic hydroxyl groups is 1. The van der Waals surface area contributed by atoms with Gasteiger partial charge in [-0.1, -0.05) is 44.0 Å². The van der Waals surface area contributed by atoms with Gasteiger partial charge in [-0.15, -0.1) is 6.42 Å². The Balaban J connectivity index is 2.03. The molecule has 0 bridgehead atoms. The normalized spacial score (nSPS) is 12.5. The lowest BCUT2D eigenvalue weighted by Gasteiger charge is -2.27. The van der Waals surface area contributed by atoms with E-state index in [1.165, 1.54) is 16.8 Å². The highest BCUT2D eigenvalue weighted by Gasteiger charge is 2.16. The number of nitrogens with zero attached hydrogens (tertiary/aromatic N) is 2. The van der Waals surface area contributed by atoms with Crippen molar-refractivity contribution < 1.29 is 9.84 Å². The maximum atomic E-state index is 10.3. The van der Waals surface area contributed by atoms with E-state index in [2.05, 4.69) is 78.8 Å². The van der Waals surface area contributed by atoms with Crippen molar-refractivity contribution in [1.82, 2.24) is 9.47 Å². The minimum Gasteiger partial charge on any atom is -0.389 e. The minimum absolute atomic E-state index is 0.237. The van der Waals surface area contributed by atoms with Crippen LogP contribution in [0.2, 0.25) is 0 Å². The molecule has 0 aliphatic rings. The van der Waals surface area contributed by atoms with Crippen molar-refractivity contribution in [1.29, 1.82) is 0 Å². The molecule has 0 amide bonds. The Hall–Kier alpha value is -2.06. The molecule has 0 radical (unpaired) electrons. The summed E-state index contributed by atoms with van der Waals surface area (Å²) in [7, 11) is 0. The lowest BCUT2D eigenvalue weighted by Crippen LogP contribution is -2.37. The molecule has 1 aromatic heterocycles. The van der Waals surface area contributed by atoms with Gasteiger partial charge in [0.05, 0.1) is 12.7 Å². The van der Waals surface area contributed by atoms with E-state index in [0.29, 0.717) is 12.5 Å². The number of hydrogen-bond acceptors (Lipinski definition) is 3. The van der Waals surface area contributed by atoms with Crippen LogP contribution in [0.25, 0.3) is 0 Å². The summed E-state index contributed by atoms with van der Waals surface area (Å²) in [5.41, 5.74) is 3.88. The van der Waals surface area contributed by atoms with Gasteiger partial charge in [0, 0.05) is 38.1 Å². The van der Waals surface area contributed by atoms with E-state index in [9.17, 15) is 5.11 Å². The van der Waals surface area contributed by atoms with Gasteiger partial charge in [-0.3, -0.25) is 4.90 Å². The smallest absolute Gasteiger partial charge is 0.107 e. The first-order chi connectivity index (χ1) is 13.0. The van der Waals surface area contributed by atoms with E-state index in [0.717, 1.165) is 19.6 Å². The number of benzene rings is 1. The van der Waals surface area contributed by atoms with Crippen LogP contribution in [0.1, 0.15) is 30.7 Å². The first-order valence-corrected chi connectivity index (χ1v) is 9.59. The molecule has 1 atom stereocenters. The predicted octanol–water partition coefficient (Wildman–Crippen LogP) is 3.31. The summed E-state index contributed by atoms with van der Waals surface area (Å²) in [6.45, 7) is 10.2. The number of aromatic nitrogens is 1. The van der Waals surface area contributed by atoms with Crippen LogP contribution in [-0.2, 0) is 17.8 Å². The number of aliphatic hydroxyl groups excluding tert-OH is 1. The molecule has 2 aromatic rings. The van der Waals surface area contributed by atoms with Crippen LogP contribution in [0.3, 0.4) is 0 Å². The molecule has 0 aliphatic heterocycles. The zero-order valence-electron chi connectivity index (χ0n) is 16.8. The summed E-state index contributed by atoms with van der Waals surface area (Å²) in [4.78, 5) is 2.29. The quantitative estimate of drug-likeness (QED) is 0.488. The molecule has 1 N–H and O–H groups in total. The van der Waals surface area contributed by atoms with Gasteiger partial charge in [-0.05, 0) is 36.1 Å². The molecule has 0 saturated carbocycles. The fraction of sp³-hybridized carbons (Fsp3) is 0.478. The molecule has 4 heteroatoms. The van der Waals surface area contributed by atoms with Gasteiger partial charge >= 0.3 is 0 Å². The highest BCUT2D eigenvalue weighted by molar-refractivity contribution is 5.26. The van der Waals surface area contributed by atoms with Crippen molar-refractivity contribution in [2.75, 3.05) is 26.3 Å². The highest BCUT2D eigenvalue weighted by atomic mass is 16.5. The van der Waals surface area contributed by atoms with Crippen LogP contribution >= 0.6 is 0 Å². The Morgan fingerprint density at radius 2 is 1.96 bits per heavy atom. The number of terminal acetylenes is 1. The molecule has 27 heavy (non-hydrogen) atoms. The molecule has 2 rings (SSSR count). The third-order valence-electron chi connectivity index (χ3n) is 4.50. The van der Waals surface area contributed by atoms with Gasteiger partial charge < -0.3 is 14.4 Å². The van der Waals surface area contributed by atoms with Gasteiger partial charge in [0.1, 0.15) is 6.61 Å². The zero-order chi connectivity index (χ0) is 19.6. The molecular weight excluding hydrogens is 336 g/mol. The van der Waals surface area contributed by atoms with E-state index in [1.54, 1.807) is 0 Å². The topological polar surface area (TPSA) is 37.6 Å². The first-order valence-electron chi connectivity index (χ1n) is 9.59. The Labute approximate surface area is 163 Å². The Kier molecular flexibility index (Phi) is 8.60. The van der Waals surface area contributed by atoms with Crippen molar-refractivity contribution in [2.45, 2.75) is 40.0 Å². The molecular formula is C23H32N2O2. The molecule has 1 aromatic carbocycles.